The van der Waals surface area contributed by atoms with E-state index in [2.05, 4.69) is 155 Å². The number of fused-ring (bicyclic) bond motifs is 9. The van der Waals surface area contributed by atoms with Gasteiger partial charge in [0.1, 0.15) is 11.2 Å². The number of hydrogen-bond donors (Lipinski definition) is 0. The monoisotopic (exact) mass is 574 g/mol. The molecule has 0 amide bonds. The van der Waals surface area contributed by atoms with Crippen LogP contribution < -0.4 is 0 Å². The Balaban J connectivity index is 1.22. The van der Waals surface area contributed by atoms with Crippen LogP contribution in [-0.2, 0) is 0 Å². The van der Waals surface area contributed by atoms with E-state index >= 15 is 0 Å². The number of para-hydroxylation sites is 5. The Morgan fingerprint density at radius 3 is 1.71 bits per heavy atom. The van der Waals surface area contributed by atoms with Crippen molar-refractivity contribution >= 4 is 65.6 Å². The molecule has 3 heterocycles. The third-order valence-electron chi connectivity index (χ3n) is 9.31. The molecule has 0 N–H and O–H groups in total. The first-order valence-electron chi connectivity index (χ1n) is 15.4. The normalized spacial score (nSPS) is 12.0. The zero-order chi connectivity index (χ0) is 29.5. The third-order valence-corrected chi connectivity index (χ3v) is 9.31. The van der Waals surface area contributed by atoms with Crippen molar-refractivity contribution < 1.29 is 4.42 Å². The minimum absolute atomic E-state index is 0.903. The topological polar surface area (TPSA) is 23.0 Å². The second-order valence-electron chi connectivity index (χ2n) is 11.8. The lowest BCUT2D eigenvalue weighted by Crippen LogP contribution is -1.98. The van der Waals surface area contributed by atoms with Gasteiger partial charge in [-0.2, -0.15) is 0 Å². The van der Waals surface area contributed by atoms with Crippen molar-refractivity contribution in [2.45, 2.75) is 0 Å². The van der Waals surface area contributed by atoms with Crippen LogP contribution in [0.15, 0.2) is 162 Å². The molecule has 0 aliphatic rings. The Hall–Kier alpha value is -6.06. The van der Waals surface area contributed by atoms with Gasteiger partial charge in [0, 0.05) is 49.6 Å². The van der Waals surface area contributed by atoms with Crippen molar-refractivity contribution in [3.8, 4) is 22.5 Å². The average Bonchev–Trinajstić information content (AvgIpc) is 3.74. The van der Waals surface area contributed by atoms with Gasteiger partial charge in [0.25, 0.3) is 0 Å². The van der Waals surface area contributed by atoms with Gasteiger partial charge in [0.05, 0.1) is 27.8 Å². The molecule has 45 heavy (non-hydrogen) atoms. The number of aromatic nitrogens is 2. The van der Waals surface area contributed by atoms with Crippen molar-refractivity contribution in [3.63, 3.8) is 0 Å². The Morgan fingerprint density at radius 2 is 0.956 bits per heavy atom. The lowest BCUT2D eigenvalue weighted by atomic mass is 10.0. The molecule has 0 aliphatic heterocycles. The summed E-state index contributed by atoms with van der Waals surface area (Å²) < 4.78 is 11.1. The van der Waals surface area contributed by atoms with E-state index in [1.807, 2.05) is 12.1 Å². The van der Waals surface area contributed by atoms with E-state index in [0.717, 1.165) is 33.1 Å². The summed E-state index contributed by atoms with van der Waals surface area (Å²) in [5.41, 5.74) is 11.2. The minimum Gasteiger partial charge on any atom is -0.456 e. The van der Waals surface area contributed by atoms with Crippen LogP contribution in [-0.4, -0.2) is 9.13 Å². The van der Waals surface area contributed by atoms with Crippen LogP contribution in [0.1, 0.15) is 0 Å². The van der Waals surface area contributed by atoms with Crippen LogP contribution in [0.4, 0.5) is 0 Å². The molecule has 0 saturated heterocycles. The fraction of sp³-hybridized carbons (Fsp3) is 0. The smallest absolute Gasteiger partial charge is 0.137 e. The Bertz CT molecular complexity index is 2720. The molecule has 3 aromatic heterocycles. The fourth-order valence-electron chi connectivity index (χ4n) is 7.37. The van der Waals surface area contributed by atoms with Gasteiger partial charge >= 0.3 is 0 Å². The highest BCUT2D eigenvalue weighted by Gasteiger charge is 2.18. The van der Waals surface area contributed by atoms with Gasteiger partial charge in [-0.15, -0.1) is 0 Å². The summed E-state index contributed by atoms with van der Waals surface area (Å²) in [6.45, 7) is 0. The molecule has 3 heteroatoms. The Morgan fingerprint density at radius 1 is 0.356 bits per heavy atom. The highest BCUT2D eigenvalue weighted by molar-refractivity contribution is 6.17. The molecule has 210 valence electrons. The van der Waals surface area contributed by atoms with E-state index in [-0.39, 0.29) is 0 Å². The number of rotatable bonds is 3. The molecule has 0 unspecified atom stereocenters. The van der Waals surface area contributed by atoms with Crippen LogP contribution in [0.5, 0.6) is 0 Å². The standard InChI is InChI=1S/C42H26N2O/c1-6-19-36(44-38-21-8-2-15-30(38)31-16-3-9-22-39(31)44)29(14-1)27-12-11-13-28(24-27)43-37-20-7-4-17-32(37)34-25-35-33-18-5-10-23-41(33)45-42(35)26-40(34)43/h1-26H. The molecule has 0 fully saturated rings. The minimum atomic E-state index is 0.903. The zero-order valence-electron chi connectivity index (χ0n) is 24.3. The molecule has 0 saturated carbocycles. The Kier molecular flexibility index (Phi) is 5.00. The van der Waals surface area contributed by atoms with Crippen LogP contribution in [0.2, 0.25) is 0 Å². The van der Waals surface area contributed by atoms with E-state index in [9.17, 15) is 0 Å². The molecular formula is C42H26N2O. The molecule has 0 spiro atoms. The molecule has 0 radical (unpaired) electrons. The van der Waals surface area contributed by atoms with Gasteiger partial charge in [0.2, 0.25) is 0 Å². The first-order chi connectivity index (χ1) is 22.3. The van der Waals surface area contributed by atoms with Crippen molar-refractivity contribution in [1.29, 1.82) is 0 Å². The first-order valence-corrected chi connectivity index (χ1v) is 15.4. The van der Waals surface area contributed by atoms with Crippen molar-refractivity contribution in [3.05, 3.63) is 158 Å². The summed E-state index contributed by atoms with van der Waals surface area (Å²) in [7, 11) is 0. The van der Waals surface area contributed by atoms with E-state index in [4.69, 9.17) is 4.42 Å². The number of hydrogen-bond acceptors (Lipinski definition) is 1. The summed E-state index contributed by atoms with van der Waals surface area (Å²) in [6.07, 6.45) is 0. The van der Waals surface area contributed by atoms with Crippen LogP contribution >= 0.6 is 0 Å². The van der Waals surface area contributed by atoms with Crippen molar-refractivity contribution in [1.82, 2.24) is 9.13 Å². The molecule has 0 aliphatic carbocycles. The molecular weight excluding hydrogens is 548 g/mol. The predicted octanol–water partition coefficient (Wildman–Crippen LogP) is 11.4. The largest absolute Gasteiger partial charge is 0.456 e. The second kappa shape index (κ2) is 9.22. The molecule has 3 nitrogen and oxygen atoms in total. The summed E-state index contributed by atoms with van der Waals surface area (Å²) in [5, 5.41) is 7.28. The SMILES string of the molecule is c1cc(-c2ccccc2-n2c3ccccc3c3ccccc32)cc(-n2c3ccccc3c3cc4c(cc32)oc2ccccc24)c1. The molecule has 10 rings (SSSR count). The Labute approximate surface area is 258 Å². The molecule has 0 atom stereocenters. The molecule has 10 aromatic rings. The summed E-state index contributed by atoms with van der Waals surface area (Å²) in [6, 6.07) is 56.6. The van der Waals surface area contributed by atoms with Gasteiger partial charge in [-0.1, -0.05) is 103 Å². The highest BCUT2D eigenvalue weighted by Crippen LogP contribution is 2.40. The van der Waals surface area contributed by atoms with Gasteiger partial charge in [-0.25, -0.2) is 0 Å². The fourth-order valence-corrected chi connectivity index (χ4v) is 7.37. The second-order valence-corrected chi connectivity index (χ2v) is 11.8. The quantitative estimate of drug-likeness (QED) is 0.206. The first kappa shape index (κ1) is 24.4. The maximum atomic E-state index is 6.35. The number of benzene rings is 7. The van der Waals surface area contributed by atoms with Crippen LogP contribution in [0, 0.1) is 0 Å². The lowest BCUT2D eigenvalue weighted by molar-refractivity contribution is 0.669. The van der Waals surface area contributed by atoms with Crippen LogP contribution in [0.3, 0.4) is 0 Å². The maximum Gasteiger partial charge on any atom is 0.137 e. The third kappa shape index (κ3) is 3.46. The zero-order valence-corrected chi connectivity index (χ0v) is 24.3. The van der Waals surface area contributed by atoms with Crippen LogP contribution in [0.25, 0.3) is 88.1 Å². The van der Waals surface area contributed by atoms with E-state index in [1.54, 1.807) is 0 Å². The van der Waals surface area contributed by atoms with Gasteiger partial charge in [-0.3, -0.25) is 0 Å². The average molecular weight is 575 g/mol. The van der Waals surface area contributed by atoms with Gasteiger partial charge < -0.3 is 13.6 Å². The number of furan rings is 1. The number of nitrogens with zero attached hydrogens (tertiary/aromatic N) is 2. The summed E-state index contributed by atoms with van der Waals surface area (Å²) in [4.78, 5) is 0. The van der Waals surface area contributed by atoms with E-state index in [1.165, 1.54) is 54.9 Å². The summed E-state index contributed by atoms with van der Waals surface area (Å²) >= 11 is 0. The van der Waals surface area contributed by atoms with Crippen molar-refractivity contribution in [2.75, 3.05) is 0 Å². The molecule has 7 aromatic carbocycles. The maximum absolute atomic E-state index is 6.35. The van der Waals surface area contributed by atoms with E-state index < -0.39 is 0 Å². The highest BCUT2D eigenvalue weighted by atomic mass is 16.3. The lowest BCUT2D eigenvalue weighted by Gasteiger charge is -2.15. The molecule has 0 bridgehead atoms. The van der Waals surface area contributed by atoms with Crippen molar-refractivity contribution in [2.24, 2.45) is 0 Å². The van der Waals surface area contributed by atoms with E-state index in [0.29, 0.717) is 0 Å². The summed E-state index contributed by atoms with van der Waals surface area (Å²) in [5.74, 6) is 0. The van der Waals surface area contributed by atoms with Gasteiger partial charge in [-0.05, 0) is 54.1 Å². The van der Waals surface area contributed by atoms with Gasteiger partial charge in [0.15, 0.2) is 0 Å². The predicted molar refractivity (Wildman–Crippen MR) is 188 cm³/mol.